The van der Waals surface area contributed by atoms with Gasteiger partial charge in [0.25, 0.3) is 0 Å². The third-order valence-corrected chi connectivity index (χ3v) is 1.95. The Morgan fingerprint density at radius 2 is 2.08 bits per heavy atom. The molecule has 13 heavy (non-hydrogen) atoms. The molecule has 70 valence electrons. The molecule has 0 aromatic heterocycles. The van der Waals surface area contributed by atoms with Crippen molar-refractivity contribution in [3.05, 3.63) is 41.7 Å². The van der Waals surface area contributed by atoms with Crippen molar-refractivity contribution in [1.82, 2.24) is 0 Å². The summed E-state index contributed by atoms with van der Waals surface area (Å²) in [5.41, 5.74) is 0.863. The molecule has 1 heteroatoms. The van der Waals surface area contributed by atoms with Crippen LogP contribution in [0.15, 0.2) is 24.8 Å². The highest BCUT2D eigenvalue weighted by Gasteiger charge is 2.20. The first kappa shape index (κ1) is 8.49. The summed E-state index contributed by atoms with van der Waals surface area (Å²) in [6.07, 6.45) is 0. The highest BCUT2D eigenvalue weighted by molar-refractivity contribution is 5.54. The molecule has 0 nitrogen and oxygen atoms in total. The van der Waals surface area contributed by atoms with Crippen LogP contribution >= 0.6 is 0 Å². The Morgan fingerprint density at radius 1 is 1.46 bits per heavy atom. The van der Waals surface area contributed by atoms with E-state index in [1.807, 2.05) is 20.8 Å². The van der Waals surface area contributed by atoms with Gasteiger partial charge in [0.15, 0.2) is 0 Å². The highest BCUT2D eigenvalue weighted by Crippen LogP contribution is 2.28. The molecule has 0 saturated heterocycles. The van der Waals surface area contributed by atoms with E-state index in [4.69, 9.17) is 1.37 Å². The fourth-order valence-electron chi connectivity index (χ4n) is 1.43. The number of halogens is 1. The summed E-state index contributed by atoms with van der Waals surface area (Å²) in [4.78, 5) is 0. The van der Waals surface area contributed by atoms with E-state index in [-0.39, 0.29) is 17.3 Å². The van der Waals surface area contributed by atoms with Gasteiger partial charge in [-0.25, -0.2) is 4.39 Å². The van der Waals surface area contributed by atoms with Crippen molar-refractivity contribution < 1.29 is 5.76 Å². The summed E-state index contributed by atoms with van der Waals surface area (Å²) in [6.45, 7) is 9.33. The van der Waals surface area contributed by atoms with Gasteiger partial charge in [-0.1, -0.05) is 45.5 Å². The Kier molecular flexibility index (Phi) is 2.17. The molecule has 0 radical (unpaired) electrons. The second-order valence-electron chi connectivity index (χ2n) is 4.09. The van der Waals surface area contributed by atoms with Crippen LogP contribution in [0.1, 0.15) is 33.3 Å². The Hall–Kier alpha value is -1.11. The Balaban J connectivity index is 3.45. The molecule has 1 aromatic rings. The van der Waals surface area contributed by atoms with E-state index in [0.717, 1.165) is 0 Å². The second-order valence-corrected chi connectivity index (χ2v) is 4.09. The zero-order chi connectivity index (χ0) is 10.9. The van der Waals surface area contributed by atoms with Gasteiger partial charge in [0.2, 0.25) is 0 Å². The predicted molar refractivity (Wildman–Crippen MR) is 55.2 cm³/mol. The smallest absolute Gasteiger partial charge is 0.127 e. The van der Waals surface area contributed by atoms with E-state index in [2.05, 4.69) is 6.58 Å². The summed E-state index contributed by atoms with van der Waals surface area (Å²) < 4.78 is 21.1. The van der Waals surface area contributed by atoms with Crippen molar-refractivity contribution in [1.29, 1.82) is 0 Å². The van der Waals surface area contributed by atoms with Crippen LogP contribution in [0.25, 0.3) is 6.05 Å². The lowest BCUT2D eigenvalue weighted by Crippen LogP contribution is -2.15. The SMILES string of the molecule is [2H]C(=C)c1cccc(F)c1C(C)(C)C. The molecule has 0 spiro atoms. The number of hydrogen-bond acceptors (Lipinski definition) is 0. The maximum atomic E-state index is 13.6. The van der Waals surface area contributed by atoms with Gasteiger partial charge < -0.3 is 0 Å². The summed E-state index contributed by atoms with van der Waals surface area (Å²) in [7, 11) is 0. The van der Waals surface area contributed by atoms with Crippen molar-refractivity contribution in [2.75, 3.05) is 0 Å². The largest absolute Gasteiger partial charge is 0.207 e. The lowest BCUT2D eigenvalue weighted by atomic mass is 9.83. The van der Waals surface area contributed by atoms with Gasteiger partial charge in [-0.05, 0) is 17.0 Å². The topological polar surface area (TPSA) is 0 Å². The van der Waals surface area contributed by atoms with Crippen LogP contribution in [0.3, 0.4) is 0 Å². The molecule has 0 aliphatic rings. The minimum Gasteiger partial charge on any atom is -0.207 e. The van der Waals surface area contributed by atoms with Crippen molar-refractivity contribution in [3.63, 3.8) is 0 Å². The van der Waals surface area contributed by atoms with Crippen LogP contribution in [0.4, 0.5) is 4.39 Å². The van der Waals surface area contributed by atoms with Gasteiger partial charge in [0.1, 0.15) is 5.82 Å². The van der Waals surface area contributed by atoms with E-state index in [1.54, 1.807) is 12.1 Å². The van der Waals surface area contributed by atoms with Crippen LogP contribution in [0, 0.1) is 5.82 Å². The molecule has 0 fully saturated rings. The van der Waals surface area contributed by atoms with Crippen LogP contribution in [-0.2, 0) is 5.41 Å². The van der Waals surface area contributed by atoms with Crippen molar-refractivity contribution >= 4 is 6.05 Å². The molecule has 0 unspecified atom stereocenters. The van der Waals surface area contributed by atoms with Crippen molar-refractivity contribution in [2.24, 2.45) is 0 Å². The molecule has 1 rings (SSSR count). The van der Waals surface area contributed by atoms with E-state index in [1.165, 1.54) is 6.07 Å². The average molecular weight is 179 g/mol. The Bertz CT molecular complexity index is 361. The molecule has 0 aliphatic heterocycles. The molecule has 0 N–H and O–H groups in total. The molecule has 0 bridgehead atoms. The molecule has 0 heterocycles. The van der Waals surface area contributed by atoms with Gasteiger partial charge in [0.05, 0.1) is 1.37 Å². The van der Waals surface area contributed by atoms with Gasteiger partial charge in [-0.15, -0.1) is 0 Å². The van der Waals surface area contributed by atoms with E-state index in [9.17, 15) is 4.39 Å². The van der Waals surface area contributed by atoms with Crippen LogP contribution in [-0.4, -0.2) is 0 Å². The average Bonchev–Trinajstić information content (AvgIpc) is 2.01. The molecule has 0 amide bonds. The molecular formula is C12H15F. The molecule has 0 saturated carbocycles. The minimum absolute atomic E-state index is 0.162. The van der Waals surface area contributed by atoms with Crippen molar-refractivity contribution in [2.45, 2.75) is 26.2 Å². The van der Waals surface area contributed by atoms with Crippen LogP contribution in [0.5, 0.6) is 0 Å². The van der Waals surface area contributed by atoms with E-state index in [0.29, 0.717) is 11.1 Å². The van der Waals surface area contributed by atoms with E-state index < -0.39 is 0 Å². The fraction of sp³-hybridized carbons (Fsp3) is 0.333. The zero-order valence-corrected chi connectivity index (χ0v) is 8.32. The Labute approximate surface area is 80.5 Å². The minimum atomic E-state index is -0.301. The fourth-order valence-corrected chi connectivity index (χ4v) is 1.43. The molecule has 0 atom stereocenters. The first-order valence-electron chi connectivity index (χ1n) is 4.79. The monoisotopic (exact) mass is 179 g/mol. The third-order valence-electron chi connectivity index (χ3n) is 1.95. The van der Waals surface area contributed by atoms with E-state index >= 15 is 0 Å². The molecule has 0 aliphatic carbocycles. The number of rotatable bonds is 1. The van der Waals surface area contributed by atoms with Crippen LogP contribution in [0.2, 0.25) is 0 Å². The molecular weight excluding hydrogens is 163 g/mol. The van der Waals surface area contributed by atoms with Gasteiger partial charge in [0, 0.05) is 5.56 Å². The van der Waals surface area contributed by atoms with Crippen LogP contribution < -0.4 is 0 Å². The second kappa shape index (κ2) is 3.33. The van der Waals surface area contributed by atoms with Crippen molar-refractivity contribution in [3.8, 4) is 0 Å². The molecule has 1 aromatic carbocycles. The first-order chi connectivity index (χ1) is 6.34. The van der Waals surface area contributed by atoms with Gasteiger partial charge >= 0.3 is 0 Å². The lowest BCUT2D eigenvalue weighted by molar-refractivity contribution is 0.522. The zero-order valence-electron chi connectivity index (χ0n) is 9.32. The summed E-state index contributed by atoms with van der Waals surface area (Å²) >= 11 is 0. The summed E-state index contributed by atoms with van der Waals surface area (Å²) in [6, 6.07) is 4.93. The quantitative estimate of drug-likeness (QED) is 0.615. The number of hydrogen-bond donors (Lipinski definition) is 0. The maximum absolute atomic E-state index is 13.6. The lowest BCUT2D eigenvalue weighted by Gasteiger charge is -2.22. The predicted octanol–water partition coefficient (Wildman–Crippen LogP) is 3.77. The highest BCUT2D eigenvalue weighted by atomic mass is 19.1. The first-order valence-corrected chi connectivity index (χ1v) is 4.29. The third kappa shape index (κ3) is 1.97. The standard InChI is InChI=1S/C12H15F/c1-5-9-7-6-8-10(13)11(9)12(2,3)4/h5-8H,1H2,2-4H3/i5D. The maximum Gasteiger partial charge on any atom is 0.127 e. The number of benzene rings is 1. The normalized spacial score (nSPS) is 12.5. The Morgan fingerprint density at radius 3 is 2.46 bits per heavy atom. The van der Waals surface area contributed by atoms with Gasteiger partial charge in [-0.3, -0.25) is 0 Å². The summed E-state index contributed by atoms with van der Waals surface area (Å²) in [5.74, 6) is -0.261. The van der Waals surface area contributed by atoms with Gasteiger partial charge in [-0.2, -0.15) is 0 Å². The summed E-state index contributed by atoms with van der Waals surface area (Å²) in [5, 5.41) is 0.